The van der Waals surface area contributed by atoms with Crippen LogP contribution < -0.4 is 5.56 Å². The molecule has 0 bridgehead atoms. The van der Waals surface area contributed by atoms with Crippen LogP contribution in [0.4, 0.5) is 0 Å². The Morgan fingerprint density at radius 3 is 2.88 bits per heavy atom. The van der Waals surface area contributed by atoms with E-state index in [2.05, 4.69) is 11.9 Å². The van der Waals surface area contributed by atoms with Gasteiger partial charge in [-0.15, -0.1) is 11.3 Å². The highest BCUT2D eigenvalue weighted by Gasteiger charge is 2.23. The minimum Gasteiger partial charge on any atom is -0.462 e. The van der Waals surface area contributed by atoms with Crippen molar-refractivity contribution in [3.05, 3.63) is 27.1 Å². The lowest BCUT2D eigenvalue weighted by atomic mass is 10.0. The van der Waals surface area contributed by atoms with Crippen molar-refractivity contribution in [2.45, 2.75) is 40.2 Å². The summed E-state index contributed by atoms with van der Waals surface area (Å²) in [5.74, 6) is -0.0353. The number of carbonyl (C=O) groups excluding carboxylic acids is 2. The fraction of sp³-hybridized carbons (Fsp3) is 0.556. The topological polar surface area (TPSA) is 81.5 Å². The smallest absolute Gasteiger partial charge is 0.348 e. The van der Waals surface area contributed by atoms with E-state index in [-0.39, 0.29) is 24.6 Å². The lowest BCUT2D eigenvalue weighted by Crippen LogP contribution is -2.42. The number of aromatic nitrogens is 2. The summed E-state index contributed by atoms with van der Waals surface area (Å²) in [5, 5.41) is 0.389. The Morgan fingerprint density at radius 2 is 2.19 bits per heavy atom. The highest BCUT2D eigenvalue weighted by Crippen LogP contribution is 2.27. The zero-order chi connectivity index (χ0) is 18.8. The van der Waals surface area contributed by atoms with Crippen LogP contribution in [0.5, 0.6) is 0 Å². The monoisotopic (exact) mass is 377 g/mol. The number of nitrogens with zero attached hydrogens (tertiary/aromatic N) is 3. The molecule has 2 aromatic rings. The Balaban J connectivity index is 1.89. The van der Waals surface area contributed by atoms with E-state index in [1.807, 2.05) is 4.90 Å². The predicted molar refractivity (Wildman–Crippen MR) is 99.6 cm³/mol. The van der Waals surface area contributed by atoms with Crippen molar-refractivity contribution in [1.82, 2.24) is 14.5 Å². The Labute approximate surface area is 155 Å². The van der Waals surface area contributed by atoms with Crippen molar-refractivity contribution in [2.75, 3.05) is 19.7 Å². The number of hydrogen-bond donors (Lipinski definition) is 0. The van der Waals surface area contributed by atoms with Gasteiger partial charge >= 0.3 is 5.97 Å². The van der Waals surface area contributed by atoms with Crippen LogP contribution in [0.25, 0.3) is 10.2 Å². The molecule has 26 heavy (non-hydrogen) atoms. The van der Waals surface area contributed by atoms with Gasteiger partial charge in [0.25, 0.3) is 5.56 Å². The average molecular weight is 377 g/mol. The lowest BCUT2D eigenvalue weighted by molar-refractivity contribution is -0.133. The Bertz CT molecular complexity index is 902. The fourth-order valence-electron chi connectivity index (χ4n) is 3.32. The van der Waals surface area contributed by atoms with Gasteiger partial charge in [-0.05, 0) is 38.2 Å². The summed E-state index contributed by atoms with van der Waals surface area (Å²) in [6, 6.07) is 0. The lowest BCUT2D eigenvalue weighted by Gasteiger charge is -2.31. The Kier molecular flexibility index (Phi) is 5.41. The standard InChI is InChI=1S/C18H23N3O4S/c1-4-25-18(24)15-12(3)14-16(26-15)19-10-21(17(14)23)9-13(22)20-7-5-6-11(2)8-20/h10-11H,4-9H2,1-3H3. The predicted octanol–water partition coefficient (Wildman–Crippen LogP) is 2.20. The molecule has 1 atom stereocenters. The summed E-state index contributed by atoms with van der Waals surface area (Å²) >= 11 is 1.15. The van der Waals surface area contributed by atoms with Gasteiger partial charge in [0.1, 0.15) is 16.3 Å². The van der Waals surface area contributed by atoms with E-state index in [4.69, 9.17) is 4.74 Å². The number of piperidine rings is 1. The molecule has 3 heterocycles. The normalized spacial score (nSPS) is 17.5. The second kappa shape index (κ2) is 7.57. The quantitative estimate of drug-likeness (QED) is 0.763. The molecule has 1 fully saturated rings. The van der Waals surface area contributed by atoms with Gasteiger partial charge in [0.05, 0.1) is 18.3 Å². The molecule has 0 aromatic carbocycles. The number of rotatable bonds is 4. The van der Waals surface area contributed by atoms with Crippen molar-refractivity contribution in [3.8, 4) is 0 Å². The van der Waals surface area contributed by atoms with Crippen molar-refractivity contribution >= 4 is 33.4 Å². The average Bonchev–Trinajstić information content (AvgIpc) is 2.95. The van der Waals surface area contributed by atoms with Crippen LogP contribution in [0, 0.1) is 12.8 Å². The second-order valence-corrected chi connectivity index (χ2v) is 7.72. The summed E-state index contributed by atoms with van der Waals surface area (Å²) < 4.78 is 6.37. The minimum absolute atomic E-state index is 0.0292. The van der Waals surface area contributed by atoms with Gasteiger partial charge in [-0.3, -0.25) is 14.2 Å². The van der Waals surface area contributed by atoms with E-state index in [0.717, 1.165) is 37.3 Å². The van der Waals surface area contributed by atoms with Crippen molar-refractivity contribution in [3.63, 3.8) is 0 Å². The van der Waals surface area contributed by atoms with Crippen LogP contribution in [-0.4, -0.2) is 46.0 Å². The van der Waals surface area contributed by atoms with Gasteiger partial charge < -0.3 is 9.64 Å². The van der Waals surface area contributed by atoms with E-state index in [1.54, 1.807) is 13.8 Å². The molecule has 1 aliphatic heterocycles. The number of aryl methyl sites for hydroxylation is 1. The number of esters is 1. The highest BCUT2D eigenvalue weighted by atomic mass is 32.1. The van der Waals surface area contributed by atoms with E-state index < -0.39 is 5.97 Å². The molecule has 2 aromatic heterocycles. The second-order valence-electron chi connectivity index (χ2n) is 6.72. The molecule has 0 aliphatic carbocycles. The maximum absolute atomic E-state index is 12.8. The molecule has 0 spiro atoms. The molecule has 0 radical (unpaired) electrons. The summed E-state index contributed by atoms with van der Waals surface area (Å²) in [6.45, 7) is 7.29. The molecule has 0 N–H and O–H groups in total. The van der Waals surface area contributed by atoms with Crippen LogP contribution in [0.1, 0.15) is 41.9 Å². The molecule has 1 amide bonds. The summed E-state index contributed by atoms with van der Waals surface area (Å²) in [7, 11) is 0. The number of ether oxygens (including phenoxy) is 1. The fourth-order valence-corrected chi connectivity index (χ4v) is 4.36. The Morgan fingerprint density at radius 1 is 1.42 bits per heavy atom. The number of likely N-dealkylation sites (tertiary alicyclic amines) is 1. The van der Waals surface area contributed by atoms with E-state index in [1.165, 1.54) is 10.9 Å². The van der Waals surface area contributed by atoms with Crippen LogP contribution in [-0.2, 0) is 16.1 Å². The summed E-state index contributed by atoms with van der Waals surface area (Å²) in [4.78, 5) is 44.4. The van der Waals surface area contributed by atoms with Gasteiger partial charge in [0.15, 0.2) is 0 Å². The van der Waals surface area contributed by atoms with Crippen molar-refractivity contribution < 1.29 is 14.3 Å². The zero-order valence-electron chi connectivity index (χ0n) is 15.3. The van der Waals surface area contributed by atoms with Crippen molar-refractivity contribution in [2.24, 2.45) is 5.92 Å². The Hall–Kier alpha value is -2.22. The maximum atomic E-state index is 12.8. The highest BCUT2D eigenvalue weighted by molar-refractivity contribution is 7.20. The van der Waals surface area contributed by atoms with Gasteiger partial charge in [-0.25, -0.2) is 9.78 Å². The first-order chi connectivity index (χ1) is 12.4. The minimum atomic E-state index is -0.447. The number of fused-ring (bicyclic) bond motifs is 1. The van der Waals surface area contributed by atoms with Gasteiger partial charge in [-0.2, -0.15) is 0 Å². The SMILES string of the molecule is CCOC(=O)c1sc2ncn(CC(=O)N3CCCC(C)C3)c(=O)c2c1C. The third-order valence-electron chi connectivity index (χ3n) is 4.69. The van der Waals surface area contributed by atoms with Gasteiger partial charge in [0, 0.05) is 13.1 Å². The van der Waals surface area contributed by atoms with E-state index in [0.29, 0.717) is 26.6 Å². The van der Waals surface area contributed by atoms with Gasteiger partial charge in [-0.1, -0.05) is 6.92 Å². The number of thiophene rings is 1. The molecule has 1 aliphatic rings. The summed E-state index contributed by atoms with van der Waals surface area (Å²) in [5.41, 5.74) is 0.270. The molecule has 7 nitrogen and oxygen atoms in total. The molecule has 1 unspecified atom stereocenters. The molecule has 1 saturated heterocycles. The van der Waals surface area contributed by atoms with E-state index in [9.17, 15) is 14.4 Å². The number of carbonyl (C=O) groups is 2. The molecule has 3 rings (SSSR count). The largest absolute Gasteiger partial charge is 0.462 e. The summed E-state index contributed by atoms with van der Waals surface area (Å²) in [6.07, 6.45) is 3.51. The maximum Gasteiger partial charge on any atom is 0.348 e. The number of amides is 1. The third-order valence-corrected chi connectivity index (χ3v) is 5.87. The van der Waals surface area contributed by atoms with Crippen molar-refractivity contribution in [1.29, 1.82) is 0 Å². The van der Waals surface area contributed by atoms with E-state index >= 15 is 0 Å². The first-order valence-electron chi connectivity index (χ1n) is 8.85. The molecular formula is C18H23N3O4S. The number of hydrogen-bond acceptors (Lipinski definition) is 6. The zero-order valence-corrected chi connectivity index (χ0v) is 16.1. The molecule has 0 saturated carbocycles. The van der Waals surface area contributed by atoms with Crippen LogP contribution in [0.3, 0.4) is 0 Å². The molecule has 140 valence electrons. The molecular weight excluding hydrogens is 354 g/mol. The first-order valence-corrected chi connectivity index (χ1v) is 9.67. The van der Waals surface area contributed by atoms with Crippen LogP contribution in [0.2, 0.25) is 0 Å². The molecule has 8 heteroatoms. The van der Waals surface area contributed by atoms with Crippen LogP contribution >= 0.6 is 11.3 Å². The van der Waals surface area contributed by atoms with Crippen LogP contribution in [0.15, 0.2) is 11.1 Å². The third kappa shape index (κ3) is 3.51. The van der Waals surface area contributed by atoms with Gasteiger partial charge in [0.2, 0.25) is 5.91 Å². The first kappa shape index (κ1) is 18.6.